The second-order valence-corrected chi connectivity index (χ2v) is 9.65. The first-order valence-electron chi connectivity index (χ1n) is 10.3. The molecule has 2 aliphatic carbocycles. The summed E-state index contributed by atoms with van der Waals surface area (Å²) in [6, 6.07) is 14.3. The highest BCUT2D eigenvalue weighted by molar-refractivity contribution is 7.89. The van der Waals surface area contributed by atoms with Crippen molar-refractivity contribution < 1.29 is 13.2 Å². The van der Waals surface area contributed by atoms with E-state index in [1.54, 1.807) is 12.1 Å². The largest absolute Gasteiger partial charge is 0.382 e. The van der Waals surface area contributed by atoms with Gasteiger partial charge in [-0.1, -0.05) is 25.3 Å². The van der Waals surface area contributed by atoms with Gasteiger partial charge in [0.25, 0.3) is 5.91 Å². The van der Waals surface area contributed by atoms with E-state index in [1.807, 2.05) is 24.3 Å². The van der Waals surface area contributed by atoms with Crippen molar-refractivity contribution in [3.8, 4) is 0 Å². The maximum Gasteiger partial charge on any atom is 0.255 e. The maximum absolute atomic E-state index is 12.6. The number of amides is 1. The van der Waals surface area contributed by atoms with E-state index in [1.165, 1.54) is 44.2 Å². The van der Waals surface area contributed by atoms with Crippen LogP contribution >= 0.6 is 0 Å². The standard InChI is InChI=1S/C22H27N3O3S/c26-22(16-5-4-8-21(15-16)29(27,28)25-20-13-14-20)24-19-11-9-18(10-12-19)23-17-6-2-1-3-7-17/h4-5,8-12,15,17,20,23,25H,1-3,6-7,13-14H2,(H,24,26). The van der Waals surface area contributed by atoms with Crippen molar-refractivity contribution in [2.75, 3.05) is 10.6 Å². The third-order valence-electron chi connectivity index (χ3n) is 5.42. The Morgan fingerprint density at radius 2 is 1.52 bits per heavy atom. The van der Waals surface area contributed by atoms with Gasteiger partial charge in [-0.05, 0) is 68.1 Å². The SMILES string of the molecule is O=C(Nc1ccc(NC2CCCCC2)cc1)c1cccc(S(=O)(=O)NC2CC2)c1. The highest BCUT2D eigenvalue weighted by Gasteiger charge is 2.28. The number of hydrogen-bond donors (Lipinski definition) is 3. The summed E-state index contributed by atoms with van der Waals surface area (Å²) < 4.78 is 27.4. The molecule has 2 aromatic rings. The third-order valence-corrected chi connectivity index (χ3v) is 6.94. The Bertz CT molecular complexity index is 963. The van der Waals surface area contributed by atoms with Gasteiger partial charge in [0, 0.05) is 29.0 Å². The second-order valence-electron chi connectivity index (χ2n) is 7.93. The number of sulfonamides is 1. The van der Waals surface area contributed by atoms with Crippen LogP contribution in [0.25, 0.3) is 0 Å². The van der Waals surface area contributed by atoms with Crippen LogP contribution in [0.15, 0.2) is 53.4 Å². The average Bonchev–Trinajstić information content (AvgIpc) is 3.54. The molecular weight excluding hydrogens is 386 g/mol. The van der Waals surface area contributed by atoms with Crippen molar-refractivity contribution in [2.24, 2.45) is 0 Å². The number of carbonyl (C=O) groups excluding carboxylic acids is 1. The molecule has 154 valence electrons. The fraction of sp³-hybridized carbons (Fsp3) is 0.409. The Labute approximate surface area is 172 Å². The van der Waals surface area contributed by atoms with Crippen LogP contribution in [-0.2, 0) is 10.0 Å². The first kappa shape index (κ1) is 19.9. The van der Waals surface area contributed by atoms with E-state index < -0.39 is 10.0 Å². The first-order valence-corrected chi connectivity index (χ1v) is 11.8. The average molecular weight is 414 g/mol. The summed E-state index contributed by atoms with van der Waals surface area (Å²) >= 11 is 0. The van der Waals surface area contributed by atoms with Crippen molar-refractivity contribution in [1.82, 2.24) is 4.72 Å². The highest BCUT2D eigenvalue weighted by atomic mass is 32.2. The molecule has 2 aromatic carbocycles. The van der Waals surface area contributed by atoms with Crippen molar-refractivity contribution in [2.45, 2.75) is 61.9 Å². The first-order chi connectivity index (χ1) is 14.0. The molecule has 1 amide bonds. The molecule has 7 heteroatoms. The lowest BCUT2D eigenvalue weighted by Gasteiger charge is -2.23. The molecule has 0 heterocycles. The lowest BCUT2D eigenvalue weighted by molar-refractivity contribution is 0.102. The molecule has 2 saturated carbocycles. The van der Waals surface area contributed by atoms with Crippen LogP contribution in [0.3, 0.4) is 0 Å². The van der Waals surface area contributed by atoms with Gasteiger partial charge in [0.2, 0.25) is 10.0 Å². The summed E-state index contributed by atoms with van der Waals surface area (Å²) in [6.07, 6.45) is 8.01. The molecular formula is C22H27N3O3S. The Morgan fingerprint density at radius 3 is 2.21 bits per heavy atom. The number of hydrogen-bond acceptors (Lipinski definition) is 4. The zero-order chi connectivity index (χ0) is 20.3. The summed E-state index contributed by atoms with van der Waals surface area (Å²) in [5.74, 6) is -0.332. The molecule has 0 saturated heterocycles. The molecule has 0 spiro atoms. The molecule has 0 bridgehead atoms. The highest BCUT2D eigenvalue weighted by Crippen LogP contribution is 2.24. The van der Waals surface area contributed by atoms with E-state index in [9.17, 15) is 13.2 Å². The molecule has 6 nitrogen and oxygen atoms in total. The minimum atomic E-state index is -3.58. The number of benzene rings is 2. The fourth-order valence-corrected chi connectivity index (χ4v) is 4.98. The smallest absolute Gasteiger partial charge is 0.255 e. The van der Waals surface area contributed by atoms with E-state index in [0.29, 0.717) is 17.3 Å². The van der Waals surface area contributed by atoms with Crippen molar-refractivity contribution in [3.05, 3.63) is 54.1 Å². The van der Waals surface area contributed by atoms with Crippen LogP contribution in [-0.4, -0.2) is 26.4 Å². The maximum atomic E-state index is 12.6. The van der Waals surface area contributed by atoms with Crippen molar-refractivity contribution >= 4 is 27.3 Å². The Morgan fingerprint density at radius 1 is 0.828 bits per heavy atom. The molecule has 3 N–H and O–H groups in total. The normalized spacial score (nSPS) is 17.7. The van der Waals surface area contributed by atoms with Crippen LogP contribution in [0.5, 0.6) is 0 Å². The summed E-state index contributed by atoms with van der Waals surface area (Å²) in [5.41, 5.74) is 2.04. The number of carbonyl (C=O) groups is 1. The van der Waals surface area contributed by atoms with Crippen LogP contribution in [0, 0.1) is 0 Å². The van der Waals surface area contributed by atoms with Crippen molar-refractivity contribution in [1.29, 1.82) is 0 Å². The summed E-state index contributed by atoms with van der Waals surface area (Å²) in [7, 11) is -3.58. The lowest BCUT2D eigenvalue weighted by Crippen LogP contribution is -2.26. The summed E-state index contributed by atoms with van der Waals surface area (Å²) in [4.78, 5) is 12.7. The van der Waals surface area contributed by atoms with Gasteiger partial charge >= 0.3 is 0 Å². The van der Waals surface area contributed by atoms with Crippen LogP contribution in [0.2, 0.25) is 0 Å². The number of rotatable bonds is 7. The van der Waals surface area contributed by atoms with E-state index in [2.05, 4.69) is 15.4 Å². The van der Waals surface area contributed by atoms with E-state index in [0.717, 1.165) is 18.5 Å². The van der Waals surface area contributed by atoms with Gasteiger partial charge in [0.1, 0.15) is 0 Å². The van der Waals surface area contributed by atoms with Crippen LogP contribution in [0.1, 0.15) is 55.3 Å². The topological polar surface area (TPSA) is 87.3 Å². The minimum absolute atomic E-state index is 0.0261. The molecule has 0 atom stereocenters. The van der Waals surface area contributed by atoms with Gasteiger partial charge < -0.3 is 10.6 Å². The molecule has 2 aliphatic rings. The van der Waals surface area contributed by atoms with Gasteiger partial charge in [0.05, 0.1) is 4.90 Å². The van der Waals surface area contributed by atoms with Gasteiger partial charge in [-0.25, -0.2) is 13.1 Å². The molecule has 0 unspecified atom stereocenters. The van der Waals surface area contributed by atoms with Crippen LogP contribution in [0.4, 0.5) is 11.4 Å². The monoisotopic (exact) mass is 413 g/mol. The van der Waals surface area contributed by atoms with Gasteiger partial charge in [-0.3, -0.25) is 4.79 Å². The van der Waals surface area contributed by atoms with Crippen LogP contribution < -0.4 is 15.4 Å². The quantitative estimate of drug-likeness (QED) is 0.637. The molecule has 2 fully saturated rings. The third kappa shape index (κ3) is 5.36. The summed E-state index contributed by atoms with van der Waals surface area (Å²) in [6.45, 7) is 0. The van der Waals surface area contributed by atoms with E-state index in [-0.39, 0.29) is 16.8 Å². The van der Waals surface area contributed by atoms with E-state index in [4.69, 9.17) is 0 Å². The van der Waals surface area contributed by atoms with Gasteiger partial charge in [-0.15, -0.1) is 0 Å². The predicted octanol–water partition coefficient (Wildman–Crippen LogP) is 4.12. The second kappa shape index (κ2) is 8.55. The van der Waals surface area contributed by atoms with Crippen molar-refractivity contribution in [3.63, 3.8) is 0 Å². The Kier molecular flexibility index (Phi) is 5.87. The fourth-order valence-electron chi connectivity index (χ4n) is 3.63. The molecule has 0 radical (unpaired) electrons. The molecule has 29 heavy (non-hydrogen) atoms. The zero-order valence-corrected chi connectivity index (χ0v) is 17.2. The zero-order valence-electron chi connectivity index (χ0n) is 16.4. The Hall–Kier alpha value is -2.38. The minimum Gasteiger partial charge on any atom is -0.382 e. The molecule has 4 rings (SSSR count). The molecule has 0 aromatic heterocycles. The Balaban J connectivity index is 1.39. The molecule has 0 aliphatic heterocycles. The predicted molar refractivity (Wildman–Crippen MR) is 115 cm³/mol. The summed E-state index contributed by atoms with van der Waals surface area (Å²) in [5, 5.41) is 6.39. The lowest BCUT2D eigenvalue weighted by atomic mass is 9.95. The van der Waals surface area contributed by atoms with Gasteiger partial charge in [0.15, 0.2) is 0 Å². The number of nitrogens with one attached hydrogen (secondary N) is 3. The van der Waals surface area contributed by atoms with Gasteiger partial charge in [-0.2, -0.15) is 0 Å². The van der Waals surface area contributed by atoms with E-state index >= 15 is 0 Å². The number of anilines is 2.